The molecular formula is C8H10NNaO6S. The number of pyridine rings is 1. The molecule has 17 heavy (non-hydrogen) atoms. The van der Waals surface area contributed by atoms with E-state index >= 15 is 0 Å². The molecule has 0 atom stereocenters. The van der Waals surface area contributed by atoms with Crippen molar-refractivity contribution in [3.63, 3.8) is 0 Å². The van der Waals surface area contributed by atoms with Crippen molar-refractivity contribution in [2.24, 2.45) is 0 Å². The van der Waals surface area contributed by atoms with Gasteiger partial charge in [0.15, 0.2) is 5.75 Å². The number of nitrogens with zero attached hydrogens (tertiary/aromatic N) is 1. The zero-order chi connectivity index (χ0) is 12.3. The van der Waals surface area contributed by atoms with E-state index in [1.54, 1.807) is 0 Å². The number of aryl methyl sites for hydroxylation is 1. The van der Waals surface area contributed by atoms with E-state index in [1.807, 2.05) is 0 Å². The minimum Gasteiger partial charge on any atom is -0.716 e. The van der Waals surface area contributed by atoms with Crippen molar-refractivity contribution in [1.29, 1.82) is 0 Å². The Hall–Kier alpha value is -0.220. The zero-order valence-corrected chi connectivity index (χ0v) is 12.2. The molecule has 0 aliphatic rings. The van der Waals surface area contributed by atoms with Crippen LogP contribution in [0.3, 0.4) is 0 Å². The molecule has 90 valence electrons. The number of aliphatic hydroxyl groups is 2. The van der Waals surface area contributed by atoms with E-state index < -0.39 is 23.6 Å². The first-order chi connectivity index (χ1) is 7.39. The Bertz CT molecular complexity index is 489. The molecule has 9 heteroatoms. The van der Waals surface area contributed by atoms with Crippen molar-refractivity contribution in [2.45, 2.75) is 20.1 Å². The maximum atomic E-state index is 10.5. The van der Waals surface area contributed by atoms with Gasteiger partial charge in [-0.3, -0.25) is 4.98 Å². The van der Waals surface area contributed by atoms with Gasteiger partial charge >= 0.3 is 29.6 Å². The SMILES string of the molecule is Cc1ncc(CO)c(CO)c1OS(=O)(=O)[O-].[Na+]. The Labute approximate surface area is 121 Å². The molecule has 0 fully saturated rings. The first-order valence-corrected chi connectivity index (χ1v) is 5.56. The van der Waals surface area contributed by atoms with Crippen LogP contribution in [-0.4, -0.2) is 28.2 Å². The smallest absolute Gasteiger partial charge is 0.716 e. The predicted molar refractivity (Wildman–Crippen MR) is 51.1 cm³/mol. The van der Waals surface area contributed by atoms with E-state index in [0.717, 1.165) is 0 Å². The van der Waals surface area contributed by atoms with Gasteiger partial charge in [0.05, 0.1) is 18.9 Å². The average Bonchev–Trinajstić information content (AvgIpc) is 2.19. The summed E-state index contributed by atoms with van der Waals surface area (Å²) in [5.41, 5.74) is 0.377. The van der Waals surface area contributed by atoms with Crippen LogP contribution in [0.4, 0.5) is 0 Å². The van der Waals surface area contributed by atoms with Crippen molar-refractivity contribution in [3.05, 3.63) is 23.0 Å². The maximum Gasteiger partial charge on any atom is 1.00 e. The monoisotopic (exact) mass is 271 g/mol. The molecule has 0 bridgehead atoms. The van der Waals surface area contributed by atoms with Gasteiger partial charge in [0.1, 0.15) is 0 Å². The Balaban J connectivity index is 0.00000256. The van der Waals surface area contributed by atoms with Gasteiger partial charge in [-0.1, -0.05) is 0 Å². The van der Waals surface area contributed by atoms with Crippen molar-refractivity contribution < 1.29 is 56.9 Å². The van der Waals surface area contributed by atoms with Gasteiger partial charge in [-0.25, -0.2) is 8.42 Å². The summed E-state index contributed by atoms with van der Waals surface area (Å²) in [6.07, 6.45) is 1.27. The van der Waals surface area contributed by atoms with Crippen LogP contribution in [0.15, 0.2) is 6.20 Å². The van der Waals surface area contributed by atoms with Crippen LogP contribution >= 0.6 is 0 Å². The second-order valence-electron chi connectivity index (χ2n) is 2.98. The van der Waals surface area contributed by atoms with Crippen LogP contribution in [0.25, 0.3) is 0 Å². The van der Waals surface area contributed by atoms with Gasteiger partial charge in [0.2, 0.25) is 0 Å². The van der Waals surface area contributed by atoms with E-state index in [1.165, 1.54) is 13.1 Å². The van der Waals surface area contributed by atoms with Gasteiger partial charge in [-0.2, -0.15) is 0 Å². The fourth-order valence-electron chi connectivity index (χ4n) is 1.20. The summed E-state index contributed by atoms with van der Waals surface area (Å²) in [6, 6.07) is 0. The molecule has 0 saturated carbocycles. The zero-order valence-electron chi connectivity index (χ0n) is 9.37. The van der Waals surface area contributed by atoms with Gasteiger partial charge in [-0.15, -0.1) is 0 Å². The Morgan fingerprint density at radius 1 is 1.41 bits per heavy atom. The van der Waals surface area contributed by atoms with Crippen LogP contribution in [0.2, 0.25) is 0 Å². The Morgan fingerprint density at radius 3 is 2.41 bits per heavy atom. The van der Waals surface area contributed by atoms with E-state index in [0.29, 0.717) is 0 Å². The third-order valence-electron chi connectivity index (χ3n) is 1.92. The summed E-state index contributed by atoms with van der Waals surface area (Å²) in [7, 11) is -4.94. The molecule has 0 aliphatic heterocycles. The van der Waals surface area contributed by atoms with Gasteiger partial charge < -0.3 is 18.9 Å². The van der Waals surface area contributed by atoms with Crippen molar-refractivity contribution in [1.82, 2.24) is 4.98 Å². The van der Waals surface area contributed by atoms with Crippen LogP contribution in [0.1, 0.15) is 16.8 Å². The number of hydrogen-bond donors (Lipinski definition) is 2. The molecule has 0 radical (unpaired) electrons. The number of aliphatic hydroxyl groups excluding tert-OH is 2. The van der Waals surface area contributed by atoms with Crippen LogP contribution in [0, 0.1) is 6.92 Å². The second kappa shape index (κ2) is 6.64. The molecule has 0 spiro atoms. The summed E-state index contributed by atoms with van der Waals surface area (Å²) < 4.78 is 35.6. The number of hydrogen-bond acceptors (Lipinski definition) is 7. The molecule has 0 unspecified atom stereocenters. The van der Waals surface area contributed by atoms with E-state index in [-0.39, 0.29) is 52.1 Å². The first kappa shape index (κ1) is 16.8. The van der Waals surface area contributed by atoms with E-state index in [9.17, 15) is 13.0 Å². The molecule has 0 aromatic carbocycles. The quantitative estimate of drug-likeness (QED) is 0.327. The Morgan fingerprint density at radius 2 is 2.00 bits per heavy atom. The maximum absolute atomic E-state index is 10.5. The first-order valence-electron chi connectivity index (χ1n) is 4.23. The molecule has 0 aliphatic carbocycles. The molecule has 2 N–H and O–H groups in total. The molecule has 1 rings (SSSR count). The molecule has 1 aromatic rings. The molecule has 7 nitrogen and oxygen atoms in total. The minimum atomic E-state index is -4.94. The summed E-state index contributed by atoms with van der Waals surface area (Å²) in [5, 5.41) is 18.0. The molecule has 1 aromatic heterocycles. The summed E-state index contributed by atoms with van der Waals surface area (Å²) in [6.45, 7) is 0.406. The van der Waals surface area contributed by atoms with Gasteiger partial charge in [0.25, 0.3) is 10.4 Å². The van der Waals surface area contributed by atoms with Crippen LogP contribution < -0.4 is 33.7 Å². The van der Waals surface area contributed by atoms with Crippen molar-refractivity contribution in [2.75, 3.05) is 0 Å². The van der Waals surface area contributed by atoms with Crippen molar-refractivity contribution >= 4 is 10.4 Å². The van der Waals surface area contributed by atoms with Crippen LogP contribution in [0.5, 0.6) is 5.75 Å². The molecule has 0 amide bonds. The standard InChI is InChI=1S/C8H11NO6S.Na/c1-5-8(15-16(12,13)14)7(4-11)6(3-10)2-9-5;/h2,10-11H,3-4H2,1H3,(H,12,13,14);/q;+1/p-1. The van der Waals surface area contributed by atoms with Crippen LogP contribution in [-0.2, 0) is 23.6 Å². The minimum absolute atomic E-state index is 0. The molecular weight excluding hydrogens is 261 g/mol. The largest absolute Gasteiger partial charge is 1.00 e. The molecule has 0 saturated heterocycles. The van der Waals surface area contributed by atoms with Crippen molar-refractivity contribution in [3.8, 4) is 5.75 Å². The third kappa shape index (κ3) is 4.51. The summed E-state index contributed by atoms with van der Waals surface area (Å²) in [5.74, 6) is -0.330. The Kier molecular flexibility index (Phi) is 6.56. The summed E-state index contributed by atoms with van der Waals surface area (Å²) >= 11 is 0. The number of rotatable bonds is 4. The molecule has 1 heterocycles. The third-order valence-corrected chi connectivity index (χ3v) is 2.29. The van der Waals surface area contributed by atoms with E-state index in [2.05, 4.69) is 9.17 Å². The normalized spacial score (nSPS) is 10.8. The van der Waals surface area contributed by atoms with Gasteiger partial charge in [-0.05, 0) is 6.92 Å². The fraction of sp³-hybridized carbons (Fsp3) is 0.375. The second-order valence-corrected chi connectivity index (χ2v) is 3.97. The summed E-state index contributed by atoms with van der Waals surface area (Å²) in [4.78, 5) is 3.74. The average molecular weight is 271 g/mol. The van der Waals surface area contributed by atoms with Gasteiger partial charge in [0, 0.05) is 17.3 Å². The van der Waals surface area contributed by atoms with E-state index in [4.69, 9.17) is 10.2 Å². The predicted octanol–water partition coefficient (Wildman–Crippen LogP) is -3.78. The number of aromatic nitrogens is 1. The fourth-order valence-corrected chi connectivity index (χ4v) is 1.62. The topological polar surface area (TPSA) is 120 Å².